The van der Waals surface area contributed by atoms with Gasteiger partial charge in [-0.3, -0.25) is 0 Å². The molecule has 2 N–H and O–H groups in total. The van der Waals surface area contributed by atoms with Gasteiger partial charge in [-0.25, -0.2) is 8.78 Å². The third-order valence-electron chi connectivity index (χ3n) is 2.39. The van der Waals surface area contributed by atoms with Crippen LogP contribution < -0.4 is 5.73 Å². The van der Waals surface area contributed by atoms with E-state index in [4.69, 9.17) is 5.73 Å². The third-order valence-corrected chi connectivity index (χ3v) is 4.40. The summed E-state index contributed by atoms with van der Waals surface area (Å²) >= 11 is 4.83. The maximum atomic E-state index is 13.0. The molecule has 0 aliphatic rings. The average molecular weight is 330 g/mol. The zero-order valence-corrected chi connectivity index (χ0v) is 11.7. The fourth-order valence-corrected chi connectivity index (χ4v) is 2.94. The molecule has 0 aliphatic heterocycles. The predicted molar refractivity (Wildman–Crippen MR) is 74.5 cm³/mol. The monoisotopic (exact) mass is 329 g/mol. The summed E-state index contributed by atoms with van der Waals surface area (Å²) in [6.45, 7) is 0. The summed E-state index contributed by atoms with van der Waals surface area (Å²) < 4.78 is 26.6. The highest BCUT2D eigenvalue weighted by molar-refractivity contribution is 9.10. The molecular formula is C13H10BrF2NS. The van der Waals surface area contributed by atoms with Crippen molar-refractivity contribution in [3.8, 4) is 0 Å². The maximum Gasteiger partial charge on any atom is 0.159 e. The highest BCUT2D eigenvalue weighted by Crippen LogP contribution is 2.30. The fraction of sp³-hybridized carbons (Fsp3) is 0.0769. The molecule has 5 heteroatoms. The van der Waals surface area contributed by atoms with Crippen LogP contribution in [0.25, 0.3) is 0 Å². The van der Waals surface area contributed by atoms with Gasteiger partial charge in [0.1, 0.15) is 0 Å². The number of hydrogen-bond acceptors (Lipinski definition) is 2. The number of benzene rings is 2. The summed E-state index contributed by atoms with van der Waals surface area (Å²) in [5.41, 5.74) is 7.45. The Morgan fingerprint density at radius 1 is 1.11 bits per heavy atom. The van der Waals surface area contributed by atoms with Crippen molar-refractivity contribution < 1.29 is 8.78 Å². The SMILES string of the molecule is Nc1cccc(CSc2ccc(F)c(F)c2)c1Br. The Morgan fingerprint density at radius 3 is 2.61 bits per heavy atom. The van der Waals surface area contributed by atoms with Gasteiger partial charge >= 0.3 is 0 Å². The quantitative estimate of drug-likeness (QED) is 0.657. The van der Waals surface area contributed by atoms with Gasteiger partial charge in [0, 0.05) is 20.8 Å². The van der Waals surface area contributed by atoms with Gasteiger partial charge in [-0.1, -0.05) is 12.1 Å². The van der Waals surface area contributed by atoms with Gasteiger partial charge in [-0.2, -0.15) is 0 Å². The van der Waals surface area contributed by atoms with E-state index < -0.39 is 11.6 Å². The summed E-state index contributed by atoms with van der Waals surface area (Å²) in [4.78, 5) is 0.684. The van der Waals surface area contributed by atoms with E-state index in [1.807, 2.05) is 12.1 Å². The van der Waals surface area contributed by atoms with Crippen LogP contribution in [0.15, 0.2) is 45.8 Å². The number of nitrogens with two attached hydrogens (primary N) is 1. The van der Waals surface area contributed by atoms with E-state index in [9.17, 15) is 8.78 Å². The average Bonchev–Trinajstić information content (AvgIpc) is 2.35. The van der Waals surface area contributed by atoms with Crippen molar-refractivity contribution in [3.05, 3.63) is 58.1 Å². The smallest absolute Gasteiger partial charge is 0.159 e. The van der Waals surface area contributed by atoms with Crippen LogP contribution in [0.1, 0.15) is 5.56 Å². The molecule has 0 aromatic heterocycles. The number of rotatable bonds is 3. The van der Waals surface area contributed by atoms with Crippen LogP contribution in [0.4, 0.5) is 14.5 Å². The van der Waals surface area contributed by atoms with E-state index in [0.29, 0.717) is 16.3 Å². The summed E-state index contributed by atoms with van der Waals surface area (Å²) in [5, 5.41) is 0. The Balaban J connectivity index is 2.11. The minimum Gasteiger partial charge on any atom is -0.398 e. The first kappa shape index (κ1) is 13.4. The minimum absolute atomic E-state index is 0.636. The van der Waals surface area contributed by atoms with Crippen molar-refractivity contribution in [2.45, 2.75) is 10.6 Å². The molecule has 0 amide bonds. The van der Waals surface area contributed by atoms with Crippen molar-refractivity contribution in [3.63, 3.8) is 0 Å². The van der Waals surface area contributed by atoms with E-state index in [0.717, 1.165) is 16.1 Å². The Bertz CT molecular complexity index is 575. The lowest BCUT2D eigenvalue weighted by molar-refractivity contribution is 0.506. The highest BCUT2D eigenvalue weighted by atomic mass is 79.9. The summed E-state index contributed by atoms with van der Waals surface area (Å²) in [6.07, 6.45) is 0. The Morgan fingerprint density at radius 2 is 1.89 bits per heavy atom. The number of halogens is 3. The van der Waals surface area contributed by atoms with E-state index in [2.05, 4.69) is 15.9 Å². The van der Waals surface area contributed by atoms with E-state index in [-0.39, 0.29) is 0 Å². The maximum absolute atomic E-state index is 13.0. The first-order chi connectivity index (χ1) is 8.58. The summed E-state index contributed by atoms with van der Waals surface area (Å²) in [7, 11) is 0. The molecule has 2 aromatic carbocycles. The molecule has 0 bridgehead atoms. The lowest BCUT2D eigenvalue weighted by atomic mass is 10.2. The molecule has 0 aliphatic carbocycles. The second-order valence-electron chi connectivity index (χ2n) is 3.68. The number of nitrogen functional groups attached to an aromatic ring is 1. The lowest BCUT2D eigenvalue weighted by Crippen LogP contribution is -1.91. The highest BCUT2D eigenvalue weighted by Gasteiger charge is 2.06. The van der Waals surface area contributed by atoms with Crippen molar-refractivity contribution >= 4 is 33.4 Å². The summed E-state index contributed by atoms with van der Waals surface area (Å²) in [6, 6.07) is 9.49. The Kier molecular flexibility index (Phi) is 4.24. The van der Waals surface area contributed by atoms with Crippen molar-refractivity contribution in [2.75, 3.05) is 5.73 Å². The van der Waals surface area contributed by atoms with Crippen molar-refractivity contribution in [2.24, 2.45) is 0 Å². The van der Waals surface area contributed by atoms with Gasteiger partial charge in [-0.05, 0) is 45.8 Å². The van der Waals surface area contributed by atoms with Crippen LogP contribution in [0.3, 0.4) is 0 Å². The molecular weight excluding hydrogens is 320 g/mol. The van der Waals surface area contributed by atoms with Crippen LogP contribution in [0, 0.1) is 11.6 Å². The normalized spacial score (nSPS) is 10.6. The first-order valence-electron chi connectivity index (χ1n) is 5.18. The van der Waals surface area contributed by atoms with Gasteiger partial charge in [0.2, 0.25) is 0 Å². The zero-order valence-electron chi connectivity index (χ0n) is 9.29. The van der Waals surface area contributed by atoms with Gasteiger partial charge in [0.15, 0.2) is 11.6 Å². The molecule has 0 saturated heterocycles. The first-order valence-corrected chi connectivity index (χ1v) is 6.96. The van der Waals surface area contributed by atoms with E-state index in [1.165, 1.54) is 17.8 Å². The minimum atomic E-state index is -0.829. The van der Waals surface area contributed by atoms with Gasteiger partial charge < -0.3 is 5.73 Å². The molecule has 2 aromatic rings. The van der Waals surface area contributed by atoms with E-state index >= 15 is 0 Å². The van der Waals surface area contributed by atoms with Crippen molar-refractivity contribution in [1.29, 1.82) is 0 Å². The molecule has 0 atom stereocenters. The van der Waals surface area contributed by atoms with Gasteiger partial charge in [0.05, 0.1) is 0 Å². The second kappa shape index (κ2) is 5.71. The molecule has 0 spiro atoms. The number of anilines is 1. The molecule has 0 radical (unpaired) electrons. The molecule has 94 valence electrons. The van der Waals surface area contributed by atoms with Crippen LogP contribution in [0.2, 0.25) is 0 Å². The second-order valence-corrected chi connectivity index (χ2v) is 5.53. The molecule has 18 heavy (non-hydrogen) atoms. The Hall–Kier alpha value is -1.07. The molecule has 0 saturated carbocycles. The molecule has 0 fully saturated rings. The molecule has 0 heterocycles. The Labute approximate surface area is 117 Å². The van der Waals surface area contributed by atoms with E-state index in [1.54, 1.807) is 12.1 Å². The molecule has 1 nitrogen and oxygen atoms in total. The zero-order chi connectivity index (χ0) is 13.1. The predicted octanol–water partition coefficient (Wildman–Crippen LogP) is 4.60. The van der Waals surface area contributed by atoms with Gasteiger partial charge in [-0.15, -0.1) is 11.8 Å². The van der Waals surface area contributed by atoms with Crippen LogP contribution >= 0.6 is 27.7 Å². The topological polar surface area (TPSA) is 26.0 Å². The third kappa shape index (κ3) is 3.03. The largest absolute Gasteiger partial charge is 0.398 e. The molecule has 2 rings (SSSR count). The van der Waals surface area contributed by atoms with Crippen LogP contribution in [0.5, 0.6) is 0 Å². The van der Waals surface area contributed by atoms with Crippen LogP contribution in [-0.4, -0.2) is 0 Å². The van der Waals surface area contributed by atoms with Crippen molar-refractivity contribution in [1.82, 2.24) is 0 Å². The molecule has 0 unspecified atom stereocenters. The standard InChI is InChI=1S/C13H10BrF2NS/c14-13-8(2-1-3-12(13)17)7-18-9-4-5-10(15)11(16)6-9/h1-6H,7,17H2. The van der Waals surface area contributed by atoms with Gasteiger partial charge in [0.25, 0.3) is 0 Å². The number of thioether (sulfide) groups is 1. The number of hydrogen-bond donors (Lipinski definition) is 1. The summed E-state index contributed by atoms with van der Waals surface area (Å²) in [5.74, 6) is -1.02. The lowest BCUT2D eigenvalue weighted by Gasteiger charge is -2.07. The van der Waals surface area contributed by atoms with Crippen LogP contribution in [-0.2, 0) is 5.75 Å². The fourth-order valence-electron chi connectivity index (χ4n) is 1.44.